The smallest absolute Gasteiger partial charge is 0.310 e. The first-order chi connectivity index (χ1) is 5.99. The van der Waals surface area contributed by atoms with Gasteiger partial charge in [0.15, 0.2) is 0 Å². The molecule has 13 heavy (non-hydrogen) atoms. The van der Waals surface area contributed by atoms with Crippen molar-refractivity contribution in [3.8, 4) is 0 Å². The molecule has 0 aromatic heterocycles. The summed E-state index contributed by atoms with van der Waals surface area (Å²) in [7, 11) is 1.28. The molecule has 0 aliphatic heterocycles. The first-order valence-electron chi connectivity index (χ1n) is 3.94. The minimum atomic E-state index is -0.948. The molecule has 0 saturated carbocycles. The molecular formula is C9H14O4. The van der Waals surface area contributed by atoms with Gasteiger partial charge < -0.3 is 9.84 Å². The maximum absolute atomic E-state index is 10.7. The van der Waals surface area contributed by atoms with E-state index in [4.69, 9.17) is 5.11 Å². The molecule has 0 aromatic rings. The van der Waals surface area contributed by atoms with Gasteiger partial charge in [-0.3, -0.25) is 9.59 Å². The van der Waals surface area contributed by atoms with Gasteiger partial charge in [0.25, 0.3) is 0 Å². The molecule has 0 bridgehead atoms. The first-order valence-corrected chi connectivity index (χ1v) is 3.94. The number of carboxylic acid groups (broad SMARTS) is 1. The van der Waals surface area contributed by atoms with Crippen molar-refractivity contribution in [1.29, 1.82) is 0 Å². The number of hydrogen-bond donors (Lipinski definition) is 1. The number of hydrogen-bond acceptors (Lipinski definition) is 3. The second-order valence-electron chi connectivity index (χ2n) is 2.85. The zero-order chi connectivity index (χ0) is 10.4. The van der Waals surface area contributed by atoms with Crippen molar-refractivity contribution in [2.75, 3.05) is 7.11 Å². The Bertz CT molecular complexity index is 206. The average molecular weight is 186 g/mol. The summed E-state index contributed by atoms with van der Waals surface area (Å²) in [5, 5.41) is 8.72. The molecule has 0 spiro atoms. The fourth-order valence-electron chi connectivity index (χ4n) is 0.945. The molecule has 0 aromatic carbocycles. The van der Waals surface area contributed by atoms with Crippen molar-refractivity contribution < 1.29 is 19.4 Å². The van der Waals surface area contributed by atoms with Gasteiger partial charge in [0.05, 0.1) is 13.0 Å². The molecule has 0 aliphatic rings. The standard InChI is InChI=1S/C9H14O4/c1-6(2)7(9(11)12)4-5-8(10)13-3/h7H,1,4-5H2,2-3H3,(H,11,12)/t7-/m0/s1. The van der Waals surface area contributed by atoms with Gasteiger partial charge in [-0.15, -0.1) is 0 Å². The van der Waals surface area contributed by atoms with E-state index in [9.17, 15) is 9.59 Å². The maximum atomic E-state index is 10.7. The monoisotopic (exact) mass is 186 g/mol. The Balaban J connectivity index is 4.05. The van der Waals surface area contributed by atoms with Crippen molar-refractivity contribution in [3.63, 3.8) is 0 Å². The minimum absolute atomic E-state index is 0.111. The quantitative estimate of drug-likeness (QED) is 0.518. The highest BCUT2D eigenvalue weighted by Gasteiger charge is 2.19. The van der Waals surface area contributed by atoms with Gasteiger partial charge in [-0.1, -0.05) is 12.2 Å². The van der Waals surface area contributed by atoms with Gasteiger partial charge >= 0.3 is 11.9 Å². The van der Waals surface area contributed by atoms with Crippen LogP contribution in [0.4, 0.5) is 0 Å². The molecule has 4 heteroatoms. The van der Waals surface area contributed by atoms with Gasteiger partial charge in [0.1, 0.15) is 0 Å². The summed E-state index contributed by atoms with van der Waals surface area (Å²) in [5.74, 6) is -2.00. The third kappa shape index (κ3) is 4.30. The SMILES string of the molecule is C=C(C)[C@H](CCC(=O)OC)C(=O)O. The fourth-order valence-corrected chi connectivity index (χ4v) is 0.945. The van der Waals surface area contributed by atoms with Crippen LogP contribution in [-0.2, 0) is 14.3 Å². The Labute approximate surface area is 77.2 Å². The van der Waals surface area contributed by atoms with Crippen LogP contribution in [0, 0.1) is 5.92 Å². The van der Waals surface area contributed by atoms with Crippen molar-refractivity contribution >= 4 is 11.9 Å². The molecule has 0 saturated heterocycles. The van der Waals surface area contributed by atoms with E-state index >= 15 is 0 Å². The summed E-state index contributed by atoms with van der Waals surface area (Å²) in [5.41, 5.74) is 0.552. The largest absolute Gasteiger partial charge is 0.481 e. The van der Waals surface area contributed by atoms with Crippen LogP contribution < -0.4 is 0 Å². The van der Waals surface area contributed by atoms with E-state index in [1.165, 1.54) is 7.11 Å². The molecule has 0 aliphatic carbocycles. The highest BCUT2D eigenvalue weighted by molar-refractivity contribution is 5.75. The van der Waals surface area contributed by atoms with Crippen LogP contribution in [-0.4, -0.2) is 24.2 Å². The van der Waals surface area contributed by atoms with Crippen LogP contribution in [0.15, 0.2) is 12.2 Å². The number of carbonyl (C=O) groups excluding carboxylic acids is 1. The van der Waals surface area contributed by atoms with Crippen LogP contribution in [0.2, 0.25) is 0 Å². The third-order valence-corrected chi connectivity index (χ3v) is 1.76. The number of carbonyl (C=O) groups is 2. The van der Waals surface area contributed by atoms with Crippen LogP contribution in [0.25, 0.3) is 0 Å². The van der Waals surface area contributed by atoms with Gasteiger partial charge in [-0.05, 0) is 13.3 Å². The molecule has 0 unspecified atom stereocenters. The summed E-state index contributed by atoms with van der Waals surface area (Å²) in [6.45, 7) is 5.18. The lowest BCUT2D eigenvalue weighted by molar-refractivity contribution is -0.142. The Morgan fingerprint density at radius 3 is 2.38 bits per heavy atom. The van der Waals surface area contributed by atoms with Gasteiger partial charge in [0, 0.05) is 6.42 Å². The van der Waals surface area contributed by atoms with E-state index in [1.807, 2.05) is 0 Å². The summed E-state index contributed by atoms with van der Waals surface area (Å²) < 4.78 is 4.40. The summed E-state index contributed by atoms with van der Waals surface area (Å²) in [6, 6.07) is 0. The van der Waals surface area contributed by atoms with Crippen molar-refractivity contribution in [3.05, 3.63) is 12.2 Å². The van der Waals surface area contributed by atoms with Crippen LogP contribution in [0.1, 0.15) is 19.8 Å². The van der Waals surface area contributed by atoms with Gasteiger partial charge in [0.2, 0.25) is 0 Å². The normalized spacial score (nSPS) is 11.8. The number of methoxy groups -OCH3 is 1. The lowest BCUT2D eigenvalue weighted by Crippen LogP contribution is -2.16. The van der Waals surface area contributed by atoms with Crippen LogP contribution in [0.3, 0.4) is 0 Å². The molecule has 1 N–H and O–H groups in total. The van der Waals surface area contributed by atoms with Crippen LogP contribution >= 0.6 is 0 Å². The molecule has 0 amide bonds. The molecule has 4 nitrogen and oxygen atoms in total. The first kappa shape index (κ1) is 11.7. The van der Waals surface area contributed by atoms with Crippen molar-refractivity contribution in [2.45, 2.75) is 19.8 Å². The Morgan fingerprint density at radius 1 is 1.54 bits per heavy atom. The molecule has 0 heterocycles. The lowest BCUT2D eigenvalue weighted by atomic mass is 9.97. The number of ether oxygens (including phenoxy) is 1. The van der Waals surface area contributed by atoms with Gasteiger partial charge in [-0.25, -0.2) is 0 Å². The second-order valence-corrected chi connectivity index (χ2v) is 2.85. The molecule has 0 radical (unpaired) electrons. The Morgan fingerprint density at radius 2 is 2.08 bits per heavy atom. The lowest BCUT2D eigenvalue weighted by Gasteiger charge is -2.10. The van der Waals surface area contributed by atoms with Gasteiger partial charge in [-0.2, -0.15) is 0 Å². The molecule has 0 rings (SSSR count). The van der Waals surface area contributed by atoms with Crippen molar-refractivity contribution in [1.82, 2.24) is 0 Å². The topological polar surface area (TPSA) is 63.6 Å². The predicted molar refractivity (Wildman–Crippen MR) is 47.2 cm³/mol. The fraction of sp³-hybridized carbons (Fsp3) is 0.556. The third-order valence-electron chi connectivity index (χ3n) is 1.76. The summed E-state index contributed by atoms with van der Waals surface area (Å²) in [6.07, 6.45) is 0.359. The number of carboxylic acids is 1. The van der Waals surface area contributed by atoms with Crippen molar-refractivity contribution in [2.24, 2.45) is 5.92 Å². The zero-order valence-corrected chi connectivity index (χ0v) is 7.87. The molecule has 74 valence electrons. The second kappa shape index (κ2) is 5.35. The number of esters is 1. The predicted octanol–water partition coefficient (Wildman–Crippen LogP) is 1.22. The highest BCUT2D eigenvalue weighted by Crippen LogP contribution is 2.15. The van der Waals surface area contributed by atoms with E-state index in [0.29, 0.717) is 5.57 Å². The number of rotatable bonds is 5. The Hall–Kier alpha value is -1.32. The van der Waals surface area contributed by atoms with E-state index in [-0.39, 0.29) is 12.8 Å². The number of aliphatic carboxylic acids is 1. The Kier molecular flexibility index (Phi) is 4.80. The summed E-state index contributed by atoms with van der Waals surface area (Å²) in [4.78, 5) is 21.3. The van der Waals surface area contributed by atoms with E-state index < -0.39 is 17.9 Å². The van der Waals surface area contributed by atoms with Crippen LogP contribution in [0.5, 0.6) is 0 Å². The van der Waals surface area contributed by atoms with E-state index in [2.05, 4.69) is 11.3 Å². The minimum Gasteiger partial charge on any atom is -0.481 e. The molecular weight excluding hydrogens is 172 g/mol. The highest BCUT2D eigenvalue weighted by atomic mass is 16.5. The zero-order valence-electron chi connectivity index (χ0n) is 7.87. The summed E-state index contributed by atoms with van der Waals surface area (Å²) >= 11 is 0. The molecule has 0 fully saturated rings. The van der Waals surface area contributed by atoms with E-state index in [0.717, 1.165) is 0 Å². The molecule has 1 atom stereocenters. The maximum Gasteiger partial charge on any atom is 0.310 e. The van der Waals surface area contributed by atoms with E-state index in [1.54, 1.807) is 6.92 Å². The average Bonchev–Trinajstić information content (AvgIpc) is 2.03.